The van der Waals surface area contributed by atoms with Crippen molar-refractivity contribution in [3.63, 3.8) is 0 Å². The van der Waals surface area contributed by atoms with Gasteiger partial charge in [0.15, 0.2) is 5.13 Å². The highest BCUT2D eigenvalue weighted by Crippen LogP contribution is 2.30. The molecule has 1 aromatic carbocycles. The van der Waals surface area contributed by atoms with Crippen LogP contribution in [0, 0.1) is 5.92 Å². The Morgan fingerprint density at radius 3 is 2.58 bits per heavy atom. The molecule has 6 nitrogen and oxygen atoms in total. The number of carbonyl (C=O) groups excluding carboxylic acids is 1. The summed E-state index contributed by atoms with van der Waals surface area (Å²) in [5.74, 6) is 0.328. The highest BCUT2D eigenvalue weighted by Gasteiger charge is 2.31. The zero-order chi connectivity index (χ0) is 17.2. The first kappa shape index (κ1) is 16.9. The quantitative estimate of drug-likeness (QED) is 0.754. The summed E-state index contributed by atoms with van der Waals surface area (Å²) in [6.45, 7) is 0.434. The summed E-state index contributed by atoms with van der Waals surface area (Å²) in [4.78, 5) is 18.3. The highest BCUT2D eigenvalue weighted by atomic mass is 32.2. The molecule has 0 bridgehead atoms. The lowest BCUT2D eigenvalue weighted by Crippen LogP contribution is -2.42. The number of anilines is 1. The third-order valence-corrected chi connectivity index (χ3v) is 6.56. The van der Waals surface area contributed by atoms with Crippen LogP contribution in [-0.2, 0) is 14.8 Å². The Labute approximate surface area is 145 Å². The molecule has 1 aliphatic carbocycles. The van der Waals surface area contributed by atoms with Gasteiger partial charge in [0.25, 0.3) is 10.0 Å². The van der Waals surface area contributed by atoms with Crippen molar-refractivity contribution in [2.45, 2.75) is 17.7 Å². The molecular formula is C16H19N3O3S2. The van der Waals surface area contributed by atoms with Gasteiger partial charge in [0.1, 0.15) is 6.54 Å². The first-order valence-corrected chi connectivity index (χ1v) is 10.0. The molecule has 0 radical (unpaired) electrons. The van der Waals surface area contributed by atoms with Crippen LogP contribution in [0.3, 0.4) is 0 Å². The van der Waals surface area contributed by atoms with Gasteiger partial charge in [-0.1, -0.05) is 18.2 Å². The normalized spacial score (nSPS) is 14.4. The molecule has 1 fully saturated rings. The third kappa shape index (κ3) is 3.76. The summed E-state index contributed by atoms with van der Waals surface area (Å²) < 4.78 is 27.0. The molecule has 24 heavy (non-hydrogen) atoms. The zero-order valence-electron chi connectivity index (χ0n) is 13.3. The number of hydrogen-bond donors (Lipinski definition) is 0. The number of nitrogens with zero attached hydrogens (tertiary/aromatic N) is 3. The van der Waals surface area contributed by atoms with E-state index in [9.17, 15) is 13.2 Å². The zero-order valence-corrected chi connectivity index (χ0v) is 15.0. The number of likely N-dealkylation sites (N-methyl/N-ethyl adjacent to an activating group) is 1. The van der Waals surface area contributed by atoms with Crippen molar-refractivity contribution < 1.29 is 13.2 Å². The molecule has 2 aromatic rings. The summed E-state index contributed by atoms with van der Waals surface area (Å²) in [5.41, 5.74) is 0. The fraction of sp³-hybridized carbons (Fsp3) is 0.375. The minimum Gasteiger partial charge on any atom is -0.344 e. The lowest BCUT2D eigenvalue weighted by atomic mass is 10.4. The topological polar surface area (TPSA) is 70.6 Å². The van der Waals surface area contributed by atoms with E-state index >= 15 is 0 Å². The first-order valence-electron chi connectivity index (χ1n) is 7.69. The van der Waals surface area contributed by atoms with Gasteiger partial charge < -0.3 is 4.90 Å². The number of rotatable bonds is 7. The van der Waals surface area contributed by atoms with Gasteiger partial charge in [0.05, 0.1) is 4.90 Å². The maximum absolute atomic E-state index is 12.9. The molecule has 1 aromatic heterocycles. The van der Waals surface area contributed by atoms with Gasteiger partial charge in [0.2, 0.25) is 5.91 Å². The molecule has 1 saturated carbocycles. The Morgan fingerprint density at radius 1 is 1.29 bits per heavy atom. The second-order valence-electron chi connectivity index (χ2n) is 5.86. The van der Waals surface area contributed by atoms with E-state index in [-0.39, 0.29) is 17.3 Å². The summed E-state index contributed by atoms with van der Waals surface area (Å²) >= 11 is 1.20. The van der Waals surface area contributed by atoms with Crippen LogP contribution >= 0.6 is 11.3 Å². The number of sulfonamides is 1. The molecule has 0 N–H and O–H groups in total. The van der Waals surface area contributed by atoms with Crippen LogP contribution in [0.4, 0.5) is 5.13 Å². The molecular weight excluding hydrogens is 346 g/mol. The average molecular weight is 365 g/mol. The lowest BCUT2D eigenvalue weighted by molar-refractivity contribution is -0.128. The minimum atomic E-state index is -3.83. The Hall–Kier alpha value is -1.93. The van der Waals surface area contributed by atoms with Gasteiger partial charge in [-0.25, -0.2) is 17.7 Å². The molecule has 0 spiro atoms. The average Bonchev–Trinajstić information content (AvgIpc) is 3.23. The van der Waals surface area contributed by atoms with E-state index in [4.69, 9.17) is 0 Å². The van der Waals surface area contributed by atoms with Crippen LogP contribution in [0.25, 0.3) is 0 Å². The molecule has 1 heterocycles. The van der Waals surface area contributed by atoms with E-state index in [0.29, 0.717) is 17.6 Å². The molecule has 0 saturated heterocycles. The molecule has 1 amide bonds. The maximum Gasteiger partial charge on any atom is 0.266 e. The summed E-state index contributed by atoms with van der Waals surface area (Å²) in [5, 5.41) is 1.99. The van der Waals surface area contributed by atoms with Crippen LogP contribution in [0.15, 0.2) is 46.8 Å². The largest absolute Gasteiger partial charge is 0.344 e. The van der Waals surface area contributed by atoms with Gasteiger partial charge in [0, 0.05) is 25.2 Å². The number of thiazole rings is 1. The molecule has 128 valence electrons. The Morgan fingerprint density at radius 2 is 2.00 bits per heavy atom. The smallest absolute Gasteiger partial charge is 0.266 e. The number of hydrogen-bond acceptors (Lipinski definition) is 5. The van der Waals surface area contributed by atoms with Crippen LogP contribution in [-0.4, -0.2) is 44.3 Å². The van der Waals surface area contributed by atoms with Crippen LogP contribution in [0.2, 0.25) is 0 Å². The Balaban J connectivity index is 1.85. The van der Waals surface area contributed by atoms with E-state index in [2.05, 4.69) is 4.98 Å². The first-order chi connectivity index (χ1) is 11.5. The Kier molecular flexibility index (Phi) is 4.86. The van der Waals surface area contributed by atoms with Gasteiger partial charge >= 0.3 is 0 Å². The van der Waals surface area contributed by atoms with Gasteiger partial charge in [-0.05, 0) is 30.9 Å². The maximum atomic E-state index is 12.9. The monoisotopic (exact) mass is 365 g/mol. The molecule has 8 heteroatoms. The van der Waals surface area contributed by atoms with Crippen molar-refractivity contribution in [3.8, 4) is 0 Å². The molecule has 3 rings (SSSR count). The van der Waals surface area contributed by atoms with Crippen molar-refractivity contribution >= 4 is 32.4 Å². The number of benzene rings is 1. The second kappa shape index (κ2) is 6.90. The van der Waals surface area contributed by atoms with E-state index in [1.54, 1.807) is 35.5 Å². The standard InChI is InChI=1S/C16H19N3O3S2/c1-18(11-13-7-8-13)15(20)12-19(16-17-9-10-23-16)24(21,22)14-5-3-2-4-6-14/h2-6,9-10,13H,7-8,11-12H2,1H3. The molecule has 1 aliphatic rings. The van der Waals surface area contributed by atoms with Crippen LogP contribution in [0.1, 0.15) is 12.8 Å². The minimum absolute atomic E-state index is 0.151. The SMILES string of the molecule is CN(CC1CC1)C(=O)CN(c1nccs1)S(=O)(=O)c1ccccc1. The summed E-state index contributed by atoms with van der Waals surface area (Å²) in [7, 11) is -2.11. The van der Waals surface area contributed by atoms with Crippen LogP contribution < -0.4 is 4.31 Å². The summed E-state index contributed by atoms with van der Waals surface area (Å²) in [6, 6.07) is 8.12. The number of amides is 1. The van der Waals surface area contributed by atoms with Gasteiger partial charge in [-0.15, -0.1) is 11.3 Å². The number of carbonyl (C=O) groups is 1. The Bertz CT molecular complexity index is 787. The van der Waals surface area contributed by atoms with Crippen molar-refractivity contribution in [2.75, 3.05) is 24.4 Å². The van der Waals surface area contributed by atoms with E-state index in [1.807, 2.05) is 0 Å². The van der Waals surface area contributed by atoms with E-state index < -0.39 is 10.0 Å². The van der Waals surface area contributed by atoms with Crippen LogP contribution in [0.5, 0.6) is 0 Å². The summed E-state index contributed by atoms with van der Waals surface area (Å²) in [6.07, 6.45) is 3.80. The lowest BCUT2D eigenvalue weighted by Gasteiger charge is -2.24. The fourth-order valence-corrected chi connectivity index (χ4v) is 4.61. The second-order valence-corrected chi connectivity index (χ2v) is 8.59. The van der Waals surface area contributed by atoms with Gasteiger partial charge in [-0.3, -0.25) is 4.79 Å². The van der Waals surface area contributed by atoms with Crippen molar-refractivity contribution in [3.05, 3.63) is 41.9 Å². The van der Waals surface area contributed by atoms with Crippen molar-refractivity contribution in [1.29, 1.82) is 0 Å². The van der Waals surface area contributed by atoms with Crippen molar-refractivity contribution in [2.24, 2.45) is 5.92 Å². The predicted molar refractivity (Wildman–Crippen MR) is 93.4 cm³/mol. The third-order valence-electron chi connectivity index (χ3n) is 3.90. The van der Waals surface area contributed by atoms with Crippen molar-refractivity contribution in [1.82, 2.24) is 9.88 Å². The predicted octanol–water partition coefficient (Wildman–Crippen LogP) is 2.21. The fourth-order valence-electron chi connectivity index (χ4n) is 2.35. The molecule has 0 unspecified atom stereocenters. The van der Waals surface area contributed by atoms with E-state index in [1.165, 1.54) is 29.7 Å². The molecule has 0 atom stereocenters. The highest BCUT2D eigenvalue weighted by molar-refractivity contribution is 7.93. The van der Waals surface area contributed by atoms with Gasteiger partial charge in [-0.2, -0.15) is 0 Å². The molecule has 0 aliphatic heterocycles. The number of aromatic nitrogens is 1. The van der Waals surface area contributed by atoms with E-state index in [0.717, 1.165) is 17.1 Å².